The van der Waals surface area contributed by atoms with Crippen molar-refractivity contribution in [3.05, 3.63) is 44.9 Å². The zero-order valence-corrected chi connectivity index (χ0v) is 15.3. The minimum Gasteiger partial charge on any atom is -0.461 e. The standard InChI is InChI=1S/C17H18N2O6S/c1-4-24-17(23)14-9(2)13(10(3)18-14)16(22)25-8-12(20)19-15(21)11-6-5-7-26-11/h5-7,18H,4,8H2,1-3H3,(H,19,20,21). The van der Waals surface area contributed by atoms with Gasteiger partial charge in [0.25, 0.3) is 11.8 Å². The van der Waals surface area contributed by atoms with Crippen LogP contribution in [0.1, 0.15) is 48.7 Å². The molecule has 0 saturated carbocycles. The van der Waals surface area contributed by atoms with Gasteiger partial charge < -0.3 is 14.5 Å². The highest BCUT2D eigenvalue weighted by Crippen LogP contribution is 2.19. The molecule has 0 spiro atoms. The second-order valence-corrected chi connectivity index (χ2v) is 6.22. The second kappa shape index (κ2) is 8.43. The van der Waals surface area contributed by atoms with Gasteiger partial charge in [-0.1, -0.05) is 6.07 Å². The fourth-order valence-electron chi connectivity index (χ4n) is 2.30. The van der Waals surface area contributed by atoms with Gasteiger partial charge >= 0.3 is 11.9 Å². The summed E-state index contributed by atoms with van der Waals surface area (Å²) >= 11 is 1.19. The highest BCUT2D eigenvalue weighted by molar-refractivity contribution is 7.12. The van der Waals surface area contributed by atoms with Gasteiger partial charge in [0, 0.05) is 5.69 Å². The van der Waals surface area contributed by atoms with E-state index in [9.17, 15) is 19.2 Å². The van der Waals surface area contributed by atoms with Gasteiger partial charge in [0.05, 0.1) is 17.0 Å². The topological polar surface area (TPSA) is 115 Å². The summed E-state index contributed by atoms with van der Waals surface area (Å²) in [5.41, 5.74) is 1.12. The predicted molar refractivity (Wildman–Crippen MR) is 93.3 cm³/mol. The van der Waals surface area contributed by atoms with E-state index in [1.165, 1.54) is 11.3 Å². The monoisotopic (exact) mass is 378 g/mol. The van der Waals surface area contributed by atoms with E-state index < -0.39 is 30.4 Å². The first-order valence-corrected chi connectivity index (χ1v) is 8.64. The summed E-state index contributed by atoms with van der Waals surface area (Å²) in [6, 6.07) is 3.26. The Morgan fingerprint density at radius 2 is 1.88 bits per heavy atom. The molecule has 0 unspecified atom stereocenters. The summed E-state index contributed by atoms with van der Waals surface area (Å²) in [6.45, 7) is 4.44. The Balaban J connectivity index is 1.98. The molecule has 0 aliphatic carbocycles. The molecule has 0 fully saturated rings. The van der Waals surface area contributed by atoms with Gasteiger partial charge in [0.2, 0.25) is 0 Å². The summed E-state index contributed by atoms with van der Waals surface area (Å²) in [4.78, 5) is 50.8. The number of aryl methyl sites for hydroxylation is 1. The number of H-pyrrole nitrogens is 1. The molecule has 0 saturated heterocycles. The number of aromatic nitrogens is 1. The number of esters is 2. The van der Waals surface area contributed by atoms with E-state index >= 15 is 0 Å². The Labute approximate surface area is 153 Å². The first-order valence-electron chi connectivity index (χ1n) is 7.76. The van der Waals surface area contributed by atoms with E-state index in [4.69, 9.17) is 9.47 Å². The van der Waals surface area contributed by atoms with Crippen molar-refractivity contribution in [1.29, 1.82) is 0 Å². The van der Waals surface area contributed by atoms with Gasteiger partial charge in [0.15, 0.2) is 6.61 Å². The number of rotatable bonds is 6. The number of thiophene rings is 1. The SMILES string of the molecule is CCOC(=O)c1[nH]c(C)c(C(=O)OCC(=O)NC(=O)c2cccs2)c1C. The van der Waals surface area contributed by atoms with Crippen LogP contribution in [0.2, 0.25) is 0 Å². The minimum absolute atomic E-state index is 0.158. The Morgan fingerprint density at radius 1 is 1.15 bits per heavy atom. The molecule has 2 aromatic heterocycles. The van der Waals surface area contributed by atoms with Crippen LogP contribution in [-0.4, -0.2) is 42.0 Å². The lowest BCUT2D eigenvalue weighted by Crippen LogP contribution is -2.33. The van der Waals surface area contributed by atoms with Crippen LogP contribution in [-0.2, 0) is 14.3 Å². The zero-order chi connectivity index (χ0) is 19.3. The van der Waals surface area contributed by atoms with Crippen molar-refractivity contribution in [2.45, 2.75) is 20.8 Å². The molecule has 2 N–H and O–H groups in total. The fourth-order valence-corrected chi connectivity index (χ4v) is 2.92. The third-order valence-corrected chi connectivity index (χ3v) is 4.32. The number of nitrogens with one attached hydrogen (secondary N) is 2. The molecule has 9 heteroatoms. The Bertz CT molecular complexity index is 838. The molecular formula is C17H18N2O6S. The molecular weight excluding hydrogens is 360 g/mol. The molecule has 0 radical (unpaired) electrons. The lowest BCUT2D eigenvalue weighted by Gasteiger charge is -2.06. The van der Waals surface area contributed by atoms with Crippen molar-refractivity contribution in [3.8, 4) is 0 Å². The molecule has 0 aliphatic heterocycles. The first kappa shape index (κ1) is 19.4. The summed E-state index contributed by atoms with van der Waals surface area (Å²) in [7, 11) is 0. The molecule has 2 aromatic rings. The van der Waals surface area contributed by atoms with Crippen LogP contribution in [0, 0.1) is 13.8 Å². The van der Waals surface area contributed by atoms with Crippen LogP contribution in [0.4, 0.5) is 0 Å². The van der Waals surface area contributed by atoms with E-state index in [1.54, 1.807) is 38.3 Å². The van der Waals surface area contributed by atoms with Gasteiger partial charge in [-0.05, 0) is 37.8 Å². The summed E-state index contributed by atoms with van der Waals surface area (Å²) in [5, 5.41) is 3.84. The third kappa shape index (κ3) is 4.37. The maximum absolute atomic E-state index is 12.2. The average molecular weight is 378 g/mol. The summed E-state index contributed by atoms with van der Waals surface area (Å²) < 4.78 is 9.86. The molecule has 26 heavy (non-hydrogen) atoms. The molecule has 8 nitrogen and oxygen atoms in total. The maximum atomic E-state index is 12.2. The number of hydrogen-bond acceptors (Lipinski definition) is 7. The number of ether oxygens (including phenoxy) is 2. The van der Waals surface area contributed by atoms with Gasteiger partial charge in [-0.2, -0.15) is 0 Å². The summed E-state index contributed by atoms with van der Waals surface area (Å²) in [5.74, 6) is -2.65. The molecule has 0 aliphatic rings. The number of amides is 2. The molecule has 0 bridgehead atoms. The summed E-state index contributed by atoms with van der Waals surface area (Å²) in [6.07, 6.45) is 0. The lowest BCUT2D eigenvalue weighted by molar-refractivity contribution is -0.123. The predicted octanol–water partition coefficient (Wildman–Crippen LogP) is 1.98. The molecule has 2 amide bonds. The molecule has 0 atom stereocenters. The van der Waals surface area contributed by atoms with Gasteiger partial charge in [0.1, 0.15) is 5.69 Å². The van der Waals surface area contributed by atoms with Crippen molar-refractivity contribution < 1.29 is 28.7 Å². The lowest BCUT2D eigenvalue weighted by atomic mass is 10.1. The van der Waals surface area contributed by atoms with Crippen molar-refractivity contribution in [2.75, 3.05) is 13.2 Å². The van der Waals surface area contributed by atoms with Gasteiger partial charge in [-0.3, -0.25) is 14.9 Å². The van der Waals surface area contributed by atoms with Crippen molar-refractivity contribution >= 4 is 35.1 Å². The fraction of sp³-hybridized carbons (Fsp3) is 0.294. The van der Waals surface area contributed by atoms with Crippen molar-refractivity contribution in [2.24, 2.45) is 0 Å². The normalized spacial score (nSPS) is 10.3. The first-order chi connectivity index (χ1) is 12.3. The maximum Gasteiger partial charge on any atom is 0.355 e. The number of imide groups is 1. The third-order valence-electron chi connectivity index (χ3n) is 3.45. The van der Waals surface area contributed by atoms with Crippen LogP contribution < -0.4 is 5.32 Å². The number of aromatic amines is 1. The number of carbonyl (C=O) groups excluding carboxylic acids is 4. The van der Waals surface area contributed by atoms with Gasteiger partial charge in [-0.25, -0.2) is 9.59 Å². The highest BCUT2D eigenvalue weighted by atomic mass is 32.1. The average Bonchev–Trinajstić information content (AvgIpc) is 3.21. The quantitative estimate of drug-likeness (QED) is 0.743. The Kier molecular flexibility index (Phi) is 6.29. The Morgan fingerprint density at radius 3 is 2.50 bits per heavy atom. The highest BCUT2D eigenvalue weighted by Gasteiger charge is 2.24. The molecule has 138 valence electrons. The number of carbonyl (C=O) groups is 4. The van der Waals surface area contributed by atoms with E-state index in [1.807, 2.05) is 0 Å². The largest absolute Gasteiger partial charge is 0.461 e. The van der Waals surface area contributed by atoms with E-state index in [0.29, 0.717) is 16.1 Å². The van der Waals surface area contributed by atoms with Crippen LogP contribution in [0.3, 0.4) is 0 Å². The second-order valence-electron chi connectivity index (χ2n) is 5.28. The van der Waals surface area contributed by atoms with Crippen LogP contribution in [0.15, 0.2) is 17.5 Å². The van der Waals surface area contributed by atoms with Crippen molar-refractivity contribution in [1.82, 2.24) is 10.3 Å². The van der Waals surface area contributed by atoms with E-state index in [0.717, 1.165) is 0 Å². The van der Waals surface area contributed by atoms with Crippen LogP contribution in [0.5, 0.6) is 0 Å². The minimum atomic E-state index is -0.773. The van der Waals surface area contributed by atoms with Gasteiger partial charge in [-0.15, -0.1) is 11.3 Å². The van der Waals surface area contributed by atoms with E-state index in [2.05, 4.69) is 10.3 Å². The van der Waals surface area contributed by atoms with Crippen LogP contribution >= 0.6 is 11.3 Å². The number of hydrogen-bond donors (Lipinski definition) is 2. The zero-order valence-electron chi connectivity index (χ0n) is 14.5. The van der Waals surface area contributed by atoms with E-state index in [-0.39, 0.29) is 17.9 Å². The molecule has 0 aromatic carbocycles. The molecule has 2 heterocycles. The molecule has 2 rings (SSSR count). The van der Waals surface area contributed by atoms with Crippen molar-refractivity contribution in [3.63, 3.8) is 0 Å². The smallest absolute Gasteiger partial charge is 0.355 e. The van der Waals surface area contributed by atoms with Crippen LogP contribution in [0.25, 0.3) is 0 Å². The Hall–Kier alpha value is -2.94.